The molecule has 125 heavy (non-hydrogen) atoms. The maximum Gasteiger partial charge on any atom is 0.492 e. The van der Waals surface area contributed by atoms with Crippen LogP contribution >= 0.6 is 34.8 Å². The molecule has 5 N–H and O–H groups in total. The van der Waals surface area contributed by atoms with Crippen molar-refractivity contribution < 1.29 is 145 Å². The van der Waals surface area contributed by atoms with Crippen molar-refractivity contribution in [1.29, 1.82) is 0 Å². The van der Waals surface area contributed by atoms with Crippen molar-refractivity contribution in [2.24, 2.45) is 0 Å². The van der Waals surface area contributed by atoms with Crippen molar-refractivity contribution in [3.8, 4) is 56.4 Å². The van der Waals surface area contributed by atoms with Gasteiger partial charge in [0.15, 0.2) is 0 Å². The number of halogens is 25. The summed E-state index contributed by atoms with van der Waals surface area (Å²) in [5, 5.41) is 38.7. The lowest BCUT2D eigenvalue weighted by atomic mass is 9.77. The summed E-state index contributed by atoms with van der Waals surface area (Å²) in [6, 6.07) is 23.8. The van der Waals surface area contributed by atoms with Gasteiger partial charge in [-0.15, -0.1) is 23.2 Å². The highest BCUT2D eigenvalue weighted by Crippen LogP contribution is 2.46. The van der Waals surface area contributed by atoms with Crippen LogP contribution in [0.5, 0.6) is 23.0 Å². The second-order valence-corrected chi connectivity index (χ2v) is 28.9. The summed E-state index contributed by atoms with van der Waals surface area (Å²) in [6.07, 6.45) is -29.8. The van der Waals surface area contributed by atoms with E-state index in [2.05, 4.69) is 5.32 Å². The molecular weight excluding hydrogens is 1770 g/mol. The highest BCUT2D eigenvalue weighted by Gasteiger charge is 2.41. The molecule has 0 aliphatic carbocycles. The predicted molar refractivity (Wildman–Crippen MR) is 442 cm³/mol. The number of hydrogen-bond donors (Lipinski definition) is 5. The van der Waals surface area contributed by atoms with Crippen LogP contribution in [0.15, 0.2) is 140 Å². The number of amides is 1. The normalized spacial score (nSPS) is 13.2. The summed E-state index contributed by atoms with van der Waals surface area (Å²) in [4.78, 5) is 11.0. The maximum absolute atomic E-state index is 14.1. The Labute approximate surface area is 726 Å². The van der Waals surface area contributed by atoms with Gasteiger partial charge in [-0.05, 0) is 188 Å². The van der Waals surface area contributed by atoms with Crippen molar-refractivity contribution in [3.63, 3.8) is 0 Å². The Morgan fingerprint density at radius 1 is 0.384 bits per heavy atom. The molecule has 2 atom stereocenters. The maximum atomic E-state index is 14.1. The number of cyclic esters (lactones) is 1. The van der Waals surface area contributed by atoms with E-state index in [9.17, 15) is 106 Å². The number of aliphatic hydroxyl groups excluding tert-OH is 2. The minimum absolute atomic E-state index is 0. The zero-order valence-corrected chi connectivity index (χ0v) is 68.6. The van der Waals surface area contributed by atoms with E-state index in [1.54, 1.807) is 19.9 Å². The van der Waals surface area contributed by atoms with Crippen LogP contribution in [0.2, 0.25) is 5.02 Å². The quantitative estimate of drug-likeness (QED) is 0.0338. The molecule has 11 nitrogen and oxygen atoms in total. The van der Waals surface area contributed by atoms with Crippen LogP contribution in [-0.2, 0) is 66.8 Å². The van der Waals surface area contributed by atoms with Gasteiger partial charge in [0.05, 0.1) is 81.1 Å². The minimum atomic E-state index is -4.94. The fourth-order valence-electron chi connectivity index (χ4n) is 11.9. The highest BCUT2D eigenvalue weighted by atomic mass is 35.5. The number of hydrogen-bond acceptors (Lipinski definition) is 10. The third kappa shape index (κ3) is 30.5. The average molecular weight is 1860 g/mol. The Kier molecular flexibility index (Phi) is 43.2. The van der Waals surface area contributed by atoms with Crippen LogP contribution in [0.4, 0.5) is 101 Å². The summed E-state index contributed by atoms with van der Waals surface area (Å²) >= 11 is 17.3. The third-order valence-electron chi connectivity index (χ3n) is 18.2. The second kappa shape index (κ2) is 47.5. The molecule has 1 aliphatic heterocycles. The van der Waals surface area contributed by atoms with Gasteiger partial charge in [0, 0.05) is 63.2 Å². The van der Waals surface area contributed by atoms with E-state index >= 15 is 0 Å². The standard InChI is InChI=1S/2C18H17ClF4O.C18H18F4O2.C12H9F6NO2.C10H14BFO3.C8H6ClF3O.4CH4/c1-10(2)14-7-15(17(24-3)8-16(14)20)13-5-4-12(18(21,22)23)6-11(13)9-19;1-10(2)13-7-15(17(24-3)8-16(13)20)14-6-12(18(21,22)23)5-4-11(14)9-19;1-10(2)13-7-15(17(24-3)8-16(13)19)14-6-12(18(20,21)22)5-4-11(14)9-23;1-5-9(21-10(20)19-5)6-2-7(11(13,14)15)4-8(3-6)12(16,17)18;1-6(2)7-4-8(11(13)14)10(15-3)5-9(7)12;9-7-2-1-6(8(10,11)12)3-5(7)4-13;;;;/h2*4-8,10H,9H2,1-3H3;4-8,10,23H,9H2,1-3H3;2-5,9H,1H3,(H,19,20);4-6,13-14H,1-3H3;1-3,13H,4H2;4*1H4/t;;;5-,9-;;;;;;/m...0....../s1. The van der Waals surface area contributed by atoms with Gasteiger partial charge in [0.2, 0.25) is 0 Å². The number of alkyl carbamates (subject to hydrolysis) is 1. The Bertz CT molecular complexity index is 4860. The molecule has 0 unspecified atom stereocenters. The van der Waals surface area contributed by atoms with Crippen molar-refractivity contribution in [1.82, 2.24) is 5.32 Å². The molecule has 1 amide bonds. The van der Waals surface area contributed by atoms with Crippen molar-refractivity contribution >= 4 is 53.5 Å². The van der Waals surface area contributed by atoms with Gasteiger partial charge in [0.1, 0.15) is 52.4 Å². The molecule has 1 heterocycles. The van der Waals surface area contributed by atoms with Gasteiger partial charge in [0.25, 0.3) is 0 Å². The molecular formula is C88H97BCl3F22NO10. The largest absolute Gasteiger partial charge is 0.497 e. The number of rotatable bonds is 17. The van der Waals surface area contributed by atoms with E-state index in [0.717, 1.165) is 60.7 Å². The molecule has 0 radical (unpaired) electrons. The van der Waals surface area contributed by atoms with Crippen LogP contribution < -0.4 is 29.7 Å². The number of nitrogens with one attached hydrogen (secondary N) is 1. The fraction of sp³-hybridized carbons (Fsp3) is 0.375. The van der Waals surface area contributed by atoms with Crippen LogP contribution in [0.25, 0.3) is 33.4 Å². The SMILES string of the molecule is C.C.C.C.COc1cc(F)c(C(C)C)cc1-c1cc(C(F)(F)F)ccc1CCl.COc1cc(F)c(C(C)C)cc1-c1cc(C(F)(F)F)ccc1CO.COc1cc(F)c(C(C)C)cc1-c1ccc(C(F)(F)F)cc1CCl.COc1cc(F)c(C(C)C)cc1B(O)O.C[C@@H]1NC(=O)O[C@@H]1c1cc(C(F)(F)F)cc(C(F)(F)F)c1.OCc1cc(C(F)(F)F)ccc1Cl. The monoisotopic (exact) mass is 1860 g/mol. The molecule has 0 aromatic heterocycles. The smallest absolute Gasteiger partial charge is 0.492 e. The van der Waals surface area contributed by atoms with Crippen LogP contribution in [0.1, 0.15) is 205 Å². The Morgan fingerprint density at radius 2 is 0.688 bits per heavy atom. The van der Waals surface area contributed by atoms with Gasteiger partial charge in [-0.3, -0.25) is 0 Å². The molecule has 0 bridgehead atoms. The van der Waals surface area contributed by atoms with Gasteiger partial charge in [-0.2, -0.15) is 79.0 Å². The first-order valence-electron chi connectivity index (χ1n) is 35.9. The third-order valence-corrected chi connectivity index (χ3v) is 19.2. The molecule has 10 rings (SSSR count). The van der Waals surface area contributed by atoms with Gasteiger partial charge >= 0.3 is 50.3 Å². The summed E-state index contributed by atoms with van der Waals surface area (Å²) < 4.78 is 310. The van der Waals surface area contributed by atoms with Crippen molar-refractivity contribution in [2.75, 3.05) is 28.4 Å². The molecule has 0 spiro atoms. The number of carbonyl (C=O) groups is 1. The molecule has 9 aromatic rings. The number of aliphatic hydroxyl groups is 2. The van der Waals surface area contributed by atoms with E-state index in [-0.39, 0.29) is 121 Å². The Balaban J connectivity index is 0.000000754. The van der Waals surface area contributed by atoms with E-state index in [1.807, 2.05) is 41.5 Å². The first-order chi connectivity index (χ1) is 55.9. The van der Waals surface area contributed by atoms with E-state index in [4.69, 9.17) is 73.6 Å². The van der Waals surface area contributed by atoms with E-state index in [1.165, 1.54) is 90.0 Å². The van der Waals surface area contributed by atoms with E-state index in [0.29, 0.717) is 78.9 Å². The Hall–Kier alpha value is -9.32. The summed E-state index contributed by atoms with van der Waals surface area (Å²) in [5.41, 5.74) is -1.18. The van der Waals surface area contributed by atoms with E-state index < -0.39 is 132 Å². The number of carbonyl (C=O) groups excluding carboxylic acids is 1. The Morgan fingerprint density at radius 3 is 1.00 bits per heavy atom. The first kappa shape index (κ1) is 114. The molecule has 9 aromatic carbocycles. The number of methoxy groups -OCH3 is 4. The van der Waals surface area contributed by atoms with Crippen LogP contribution in [0, 0.1) is 23.3 Å². The van der Waals surface area contributed by atoms with Gasteiger partial charge in [-0.25, -0.2) is 22.4 Å². The van der Waals surface area contributed by atoms with Crippen LogP contribution in [0.3, 0.4) is 0 Å². The molecule has 1 aliphatic rings. The van der Waals surface area contributed by atoms with Crippen molar-refractivity contribution in [2.45, 2.75) is 190 Å². The lowest BCUT2D eigenvalue weighted by Gasteiger charge is -2.18. The van der Waals surface area contributed by atoms with Gasteiger partial charge < -0.3 is 49.3 Å². The molecule has 1 fully saturated rings. The number of alkyl halides is 20. The molecule has 692 valence electrons. The van der Waals surface area contributed by atoms with Gasteiger partial charge in [-0.1, -0.05) is 121 Å². The summed E-state index contributed by atoms with van der Waals surface area (Å²) in [6.45, 7) is 15.0. The topological polar surface area (TPSA) is 156 Å². The number of benzene rings is 9. The predicted octanol–water partition coefficient (Wildman–Crippen LogP) is 27.8. The fourth-order valence-corrected chi connectivity index (χ4v) is 12.5. The molecule has 37 heteroatoms. The zero-order chi connectivity index (χ0) is 91.9. The molecule has 1 saturated heterocycles. The first-order valence-corrected chi connectivity index (χ1v) is 37.3. The highest BCUT2D eigenvalue weighted by molar-refractivity contribution is 6.59. The summed E-state index contributed by atoms with van der Waals surface area (Å²) in [7, 11) is 3.76. The lowest BCUT2D eigenvalue weighted by Crippen LogP contribution is -2.32. The number of ether oxygens (including phenoxy) is 5. The minimum Gasteiger partial charge on any atom is -0.497 e. The van der Waals surface area contributed by atoms with Crippen molar-refractivity contribution in [3.05, 3.63) is 251 Å². The zero-order valence-electron chi connectivity index (χ0n) is 66.3. The summed E-state index contributed by atoms with van der Waals surface area (Å²) in [5.74, 6) is -1.51. The van der Waals surface area contributed by atoms with Crippen LogP contribution in [-0.4, -0.2) is 68.0 Å². The lowest BCUT2D eigenvalue weighted by molar-refractivity contribution is -0.143. The average Bonchev–Trinajstić information content (AvgIpc) is 1.24. The second-order valence-electron chi connectivity index (χ2n) is 27.9. The molecule has 0 saturated carbocycles.